The van der Waals surface area contributed by atoms with Crippen molar-refractivity contribution in [3.8, 4) is 0 Å². The van der Waals surface area contributed by atoms with Crippen LogP contribution in [0.2, 0.25) is 0 Å². The standard InChI is InChI=1S/C12H22N2O5S/c1-12(2,20(3,18)19)8-13-11(17)14-5-4-9(7-14)6-10(15)16/h9H,4-8H2,1-3H3,(H,13,17)(H,15,16). The van der Waals surface area contributed by atoms with Gasteiger partial charge in [0.1, 0.15) is 0 Å². The molecule has 1 fully saturated rings. The number of urea groups is 1. The lowest BCUT2D eigenvalue weighted by Crippen LogP contribution is -2.47. The first-order valence-corrected chi connectivity index (χ1v) is 8.36. The Morgan fingerprint density at radius 2 is 2.00 bits per heavy atom. The van der Waals surface area contributed by atoms with Crippen LogP contribution in [0.15, 0.2) is 0 Å². The molecule has 0 bridgehead atoms. The largest absolute Gasteiger partial charge is 0.481 e. The van der Waals surface area contributed by atoms with Crippen LogP contribution in [0.25, 0.3) is 0 Å². The number of rotatable bonds is 5. The quantitative estimate of drug-likeness (QED) is 0.761. The molecule has 0 aromatic heterocycles. The number of likely N-dealkylation sites (tertiary alicyclic amines) is 1. The second-order valence-corrected chi connectivity index (χ2v) is 8.54. The number of nitrogens with one attached hydrogen (secondary N) is 1. The number of hydrogen-bond donors (Lipinski definition) is 2. The summed E-state index contributed by atoms with van der Waals surface area (Å²) in [5.74, 6) is -0.892. The maximum Gasteiger partial charge on any atom is 0.317 e. The van der Waals surface area contributed by atoms with E-state index in [1.54, 1.807) is 13.8 Å². The molecule has 1 saturated heterocycles. The van der Waals surface area contributed by atoms with E-state index in [0.29, 0.717) is 19.5 Å². The maximum absolute atomic E-state index is 11.9. The number of sulfone groups is 1. The van der Waals surface area contributed by atoms with Crippen molar-refractivity contribution in [2.45, 2.75) is 31.4 Å². The molecule has 2 N–H and O–H groups in total. The molecular weight excluding hydrogens is 284 g/mol. The smallest absolute Gasteiger partial charge is 0.317 e. The summed E-state index contributed by atoms with van der Waals surface area (Å²) in [5.41, 5.74) is 0. The third-order valence-electron chi connectivity index (χ3n) is 3.71. The molecule has 20 heavy (non-hydrogen) atoms. The molecule has 1 aliphatic heterocycles. The van der Waals surface area contributed by atoms with Crippen LogP contribution < -0.4 is 5.32 Å². The lowest BCUT2D eigenvalue weighted by molar-refractivity contribution is -0.138. The minimum atomic E-state index is -3.26. The molecule has 1 unspecified atom stereocenters. The van der Waals surface area contributed by atoms with Crippen molar-refractivity contribution in [3.63, 3.8) is 0 Å². The van der Waals surface area contributed by atoms with Crippen molar-refractivity contribution in [2.24, 2.45) is 5.92 Å². The van der Waals surface area contributed by atoms with E-state index in [-0.39, 0.29) is 24.9 Å². The monoisotopic (exact) mass is 306 g/mol. The number of carboxylic acids is 1. The summed E-state index contributed by atoms with van der Waals surface area (Å²) in [5, 5.41) is 11.3. The van der Waals surface area contributed by atoms with Crippen molar-refractivity contribution in [1.82, 2.24) is 10.2 Å². The van der Waals surface area contributed by atoms with Gasteiger partial charge in [0.05, 0.1) is 4.75 Å². The molecule has 0 saturated carbocycles. The van der Waals surface area contributed by atoms with E-state index in [4.69, 9.17) is 5.11 Å². The molecule has 0 aromatic carbocycles. The molecule has 0 aliphatic carbocycles. The van der Waals surface area contributed by atoms with Gasteiger partial charge in [-0.1, -0.05) is 0 Å². The van der Waals surface area contributed by atoms with E-state index < -0.39 is 20.6 Å². The molecule has 1 rings (SSSR count). The zero-order valence-corrected chi connectivity index (χ0v) is 12.9. The van der Waals surface area contributed by atoms with Gasteiger partial charge in [-0.15, -0.1) is 0 Å². The van der Waals surface area contributed by atoms with E-state index in [1.165, 1.54) is 4.90 Å². The van der Waals surface area contributed by atoms with Gasteiger partial charge in [0.15, 0.2) is 9.84 Å². The molecule has 0 radical (unpaired) electrons. The van der Waals surface area contributed by atoms with E-state index >= 15 is 0 Å². The van der Waals surface area contributed by atoms with Crippen LogP contribution in [0.1, 0.15) is 26.7 Å². The lowest BCUT2D eigenvalue weighted by atomic mass is 10.1. The minimum Gasteiger partial charge on any atom is -0.481 e. The highest BCUT2D eigenvalue weighted by atomic mass is 32.2. The van der Waals surface area contributed by atoms with Crippen LogP contribution in [0.5, 0.6) is 0 Å². The molecule has 0 spiro atoms. The molecule has 116 valence electrons. The Bertz CT molecular complexity index is 486. The summed E-state index contributed by atoms with van der Waals surface area (Å²) < 4.78 is 22.0. The van der Waals surface area contributed by atoms with Crippen LogP contribution >= 0.6 is 0 Å². The highest BCUT2D eigenvalue weighted by molar-refractivity contribution is 7.92. The zero-order chi connectivity index (χ0) is 15.6. The van der Waals surface area contributed by atoms with Gasteiger partial charge < -0.3 is 15.3 Å². The lowest BCUT2D eigenvalue weighted by Gasteiger charge is -2.25. The Kier molecular flexibility index (Phi) is 5.01. The fourth-order valence-electron chi connectivity index (χ4n) is 1.96. The first kappa shape index (κ1) is 16.7. The van der Waals surface area contributed by atoms with Crippen LogP contribution in [-0.4, -0.2) is 61.1 Å². The summed E-state index contributed by atoms with van der Waals surface area (Å²) in [6.45, 7) is 4.05. The maximum atomic E-state index is 11.9. The van der Waals surface area contributed by atoms with Crippen molar-refractivity contribution in [1.29, 1.82) is 0 Å². The number of carboxylic acid groups (broad SMARTS) is 1. The summed E-state index contributed by atoms with van der Waals surface area (Å²) in [7, 11) is -3.26. The normalized spacial score (nSPS) is 19.9. The number of carbonyl (C=O) groups excluding carboxylic acids is 1. The third-order valence-corrected chi connectivity index (χ3v) is 5.86. The van der Waals surface area contributed by atoms with E-state index in [1.807, 2.05) is 0 Å². The van der Waals surface area contributed by atoms with Crippen LogP contribution in [-0.2, 0) is 14.6 Å². The van der Waals surface area contributed by atoms with E-state index in [0.717, 1.165) is 6.26 Å². The summed E-state index contributed by atoms with van der Waals surface area (Å²) in [4.78, 5) is 24.1. The van der Waals surface area contributed by atoms with Crippen molar-refractivity contribution >= 4 is 21.8 Å². The average Bonchev–Trinajstić information content (AvgIpc) is 2.72. The van der Waals surface area contributed by atoms with E-state index in [2.05, 4.69) is 5.32 Å². The molecule has 8 heteroatoms. The van der Waals surface area contributed by atoms with Crippen molar-refractivity contribution in [3.05, 3.63) is 0 Å². The topological polar surface area (TPSA) is 104 Å². The number of nitrogens with zero attached hydrogens (tertiary/aromatic N) is 1. The Balaban J connectivity index is 2.47. The average molecular weight is 306 g/mol. The fourth-order valence-corrected chi connectivity index (χ4v) is 2.30. The summed E-state index contributed by atoms with van der Waals surface area (Å²) in [6.07, 6.45) is 1.85. The Morgan fingerprint density at radius 1 is 1.40 bits per heavy atom. The summed E-state index contributed by atoms with van der Waals surface area (Å²) in [6, 6.07) is -0.338. The first-order chi connectivity index (χ1) is 9.03. The molecular formula is C12H22N2O5S. The predicted molar refractivity (Wildman–Crippen MR) is 74.3 cm³/mol. The van der Waals surface area contributed by atoms with Gasteiger partial charge in [-0.3, -0.25) is 4.79 Å². The van der Waals surface area contributed by atoms with Crippen LogP contribution in [0.4, 0.5) is 4.79 Å². The van der Waals surface area contributed by atoms with Crippen molar-refractivity contribution in [2.75, 3.05) is 25.9 Å². The Hall–Kier alpha value is -1.31. The first-order valence-electron chi connectivity index (χ1n) is 6.47. The Labute approximate surface area is 119 Å². The molecule has 0 aromatic rings. The third kappa shape index (κ3) is 4.36. The number of amides is 2. The zero-order valence-electron chi connectivity index (χ0n) is 12.0. The van der Waals surface area contributed by atoms with Gasteiger partial charge in [-0.25, -0.2) is 13.2 Å². The van der Waals surface area contributed by atoms with Gasteiger partial charge >= 0.3 is 12.0 Å². The molecule has 7 nitrogen and oxygen atoms in total. The van der Waals surface area contributed by atoms with Gasteiger partial charge in [-0.05, 0) is 26.2 Å². The molecule has 1 atom stereocenters. The van der Waals surface area contributed by atoms with Crippen molar-refractivity contribution < 1.29 is 23.1 Å². The molecule has 2 amide bonds. The van der Waals surface area contributed by atoms with Gasteiger partial charge in [0.2, 0.25) is 0 Å². The van der Waals surface area contributed by atoms with Gasteiger partial charge in [-0.2, -0.15) is 0 Å². The SMILES string of the molecule is CC(C)(CNC(=O)N1CCC(CC(=O)O)C1)S(C)(=O)=O. The number of carbonyl (C=O) groups is 2. The molecule has 1 aliphatic rings. The predicted octanol–water partition coefficient (Wildman–Crippen LogP) is 0.316. The van der Waals surface area contributed by atoms with Crippen LogP contribution in [0, 0.1) is 5.92 Å². The highest BCUT2D eigenvalue weighted by Crippen LogP contribution is 2.20. The second-order valence-electron chi connectivity index (χ2n) is 5.89. The Morgan fingerprint density at radius 3 is 2.50 bits per heavy atom. The van der Waals surface area contributed by atoms with E-state index in [9.17, 15) is 18.0 Å². The minimum absolute atomic E-state index is 0.0267. The number of aliphatic carboxylic acids is 1. The second kappa shape index (κ2) is 5.99. The summed E-state index contributed by atoms with van der Waals surface area (Å²) >= 11 is 0. The fraction of sp³-hybridized carbons (Fsp3) is 0.833. The highest BCUT2D eigenvalue weighted by Gasteiger charge is 2.32. The van der Waals surface area contributed by atoms with Gasteiger partial charge in [0.25, 0.3) is 0 Å². The van der Waals surface area contributed by atoms with Gasteiger partial charge in [0, 0.05) is 32.3 Å². The number of hydrogen-bond acceptors (Lipinski definition) is 4. The van der Waals surface area contributed by atoms with Crippen LogP contribution in [0.3, 0.4) is 0 Å². The molecule has 1 heterocycles.